The van der Waals surface area contributed by atoms with Crippen LogP contribution in [-0.2, 0) is 22.4 Å². The van der Waals surface area contributed by atoms with Crippen molar-refractivity contribution in [3.05, 3.63) is 65.0 Å². The first-order valence-corrected chi connectivity index (χ1v) is 11.8. The Hall–Kier alpha value is -3.24. The highest BCUT2D eigenvalue weighted by molar-refractivity contribution is 7.99. The van der Waals surface area contributed by atoms with Crippen LogP contribution in [0.4, 0.5) is 5.69 Å². The van der Waals surface area contributed by atoms with Gasteiger partial charge >= 0.3 is 5.97 Å². The van der Waals surface area contributed by atoms with Crippen molar-refractivity contribution in [2.24, 2.45) is 0 Å². The van der Waals surface area contributed by atoms with Crippen LogP contribution < -0.4 is 5.32 Å². The second-order valence-electron chi connectivity index (χ2n) is 6.67. The number of carbonyl (C=O) groups excluding carboxylic acids is 2. The number of aromatic nitrogens is 3. The summed E-state index contributed by atoms with van der Waals surface area (Å²) in [7, 11) is 0. The summed E-state index contributed by atoms with van der Waals surface area (Å²) in [6.07, 6.45) is 1.31. The number of esters is 1. The third kappa shape index (κ3) is 5.71. The molecule has 4 aromatic rings. The Morgan fingerprint density at radius 1 is 1.09 bits per heavy atom. The van der Waals surface area contributed by atoms with Gasteiger partial charge in [-0.25, -0.2) is 9.78 Å². The zero-order chi connectivity index (χ0) is 22.3. The van der Waals surface area contributed by atoms with Gasteiger partial charge in [0.2, 0.25) is 11.8 Å². The number of para-hydroxylation sites is 1. The van der Waals surface area contributed by atoms with Crippen LogP contribution in [0, 0.1) is 0 Å². The number of thioether (sulfide) groups is 1. The molecule has 0 unspecified atom stereocenters. The standard InChI is InChI=1S/C22H20N4O4S2/c1-2-29-21(28)14-7-9-15(10-8-14)23-18(27)13-31-22-26-25-19(30-22)11-12-20-24-16-5-3-4-6-17(16)32-20/h3-10H,2,11-13H2,1H3,(H,23,27). The number of benzene rings is 2. The van der Waals surface area contributed by atoms with Crippen molar-refractivity contribution in [1.29, 1.82) is 0 Å². The molecule has 164 valence electrons. The van der Waals surface area contributed by atoms with Crippen molar-refractivity contribution in [3.8, 4) is 0 Å². The van der Waals surface area contributed by atoms with Gasteiger partial charge in [0.05, 0.1) is 33.1 Å². The van der Waals surface area contributed by atoms with Gasteiger partial charge in [-0.05, 0) is 43.3 Å². The molecule has 2 aromatic heterocycles. The monoisotopic (exact) mass is 468 g/mol. The number of amides is 1. The molecule has 2 aromatic carbocycles. The number of nitrogens with one attached hydrogen (secondary N) is 1. The highest BCUT2D eigenvalue weighted by atomic mass is 32.2. The van der Waals surface area contributed by atoms with Gasteiger partial charge in [-0.1, -0.05) is 23.9 Å². The lowest BCUT2D eigenvalue weighted by Gasteiger charge is -2.05. The van der Waals surface area contributed by atoms with Crippen molar-refractivity contribution in [3.63, 3.8) is 0 Å². The number of carbonyl (C=O) groups is 2. The fraction of sp³-hybridized carbons (Fsp3) is 0.227. The minimum absolute atomic E-state index is 0.124. The molecule has 0 atom stereocenters. The van der Waals surface area contributed by atoms with Gasteiger partial charge in [-0.3, -0.25) is 4.79 Å². The molecule has 10 heteroatoms. The van der Waals surface area contributed by atoms with E-state index >= 15 is 0 Å². The van der Waals surface area contributed by atoms with Crippen LogP contribution in [0.1, 0.15) is 28.2 Å². The molecule has 0 aliphatic carbocycles. The Morgan fingerprint density at radius 3 is 2.69 bits per heavy atom. The predicted molar refractivity (Wildman–Crippen MR) is 123 cm³/mol. The van der Waals surface area contributed by atoms with Crippen molar-refractivity contribution in [2.75, 3.05) is 17.7 Å². The number of hydrogen-bond acceptors (Lipinski definition) is 9. The quantitative estimate of drug-likeness (QED) is 0.285. The van der Waals surface area contributed by atoms with Gasteiger partial charge < -0.3 is 14.5 Å². The molecule has 4 rings (SSSR count). The van der Waals surface area contributed by atoms with Gasteiger partial charge in [-0.15, -0.1) is 21.5 Å². The van der Waals surface area contributed by atoms with E-state index in [1.807, 2.05) is 18.2 Å². The average molecular weight is 469 g/mol. The normalized spacial score (nSPS) is 10.9. The second kappa shape index (κ2) is 10.4. The first-order valence-electron chi connectivity index (χ1n) is 9.97. The Kier molecular flexibility index (Phi) is 7.13. The second-order valence-corrected chi connectivity index (χ2v) is 8.71. The molecule has 0 saturated heterocycles. The van der Waals surface area contributed by atoms with Crippen molar-refractivity contribution >= 4 is 50.9 Å². The molecule has 0 bridgehead atoms. The third-order valence-corrected chi connectivity index (χ3v) is 6.26. The van der Waals surface area contributed by atoms with E-state index in [1.54, 1.807) is 42.5 Å². The topological polar surface area (TPSA) is 107 Å². The van der Waals surface area contributed by atoms with Crippen LogP contribution in [0.3, 0.4) is 0 Å². The number of thiazole rings is 1. The first kappa shape index (κ1) is 22.0. The fourth-order valence-corrected chi connectivity index (χ4v) is 4.41. The summed E-state index contributed by atoms with van der Waals surface area (Å²) >= 11 is 2.83. The smallest absolute Gasteiger partial charge is 0.338 e. The maximum atomic E-state index is 12.2. The van der Waals surface area contributed by atoms with Crippen molar-refractivity contribution < 1.29 is 18.7 Å². The Balaban J connectivity index is 1.23. The molecule has 1 amide bonds. The molecule has 1 N–H and O–H groups in total. The summed E-state index contributed by atoms with van der Waals surface area (Å²) in [4.78, 5) is 28.5. The predicted octanol–water partition coefficient (Wildman–Crippen LogP) is 4.37. The number of anilines is 1. The number of fused-ring (bicyclic) bond motifs is 1. The lowest BCUT2D eigenvalue weighted by molar-refractivity contribution is -0.113. The summed E-state index contributed by atoms with van der Waals surface area (Å²) in [6, 6.07) is 14.5. The van der Waals surface area contributed by atoms with Crippen LogP contribution >= 0.6 is 23.1 Å². The Labute approximate surface area is 192 Å². The molecule has 0 radical (unpaired) electrons. The van der Waals surface area contributed by atoms with Gasteiger partial charge in [0.1, 0.15) is 0 Å². The van der Waals surface area contributed by atoms with Crippen LogP contribution in [-0.4, -0.2) is 39.4 Å². The van der Waals surface area contributed by atoms with E-state index in [0.717, 1.165) is 15.2 Å². The van der Waals surface area contributed by atoms with E-state index in [-0.39, 0.29) is 11.7 Å². The van der Waals surface area contributed by atoms with Crippen LogP contribution in [0.25, 0.3) is 10.2 Å². The molecular formula is C22H20N4O4S2. The molecule has 8 nitrogen and oxygen atoms in total. The number of ether oxygens (including phenoxy) is 1. The van der Waals surface area contributed by atoms with E-state index in [4.69, 9.17) is 9.15 Å². The highest BCUT2D eigenvalue weighted by Gasteiger charge is 2.12. The summed E-state index contributed by atoms with van der Waals surface area (Å²) in [5.74, 6) is 0.0326. The van der Waals surface area contributed by atoms with Gasteiger partial charge in [0, 0.05) is 18.5 Å². The van der Waals surface area contributed by atoms with Gasteiger partial charge in [-0.2, -0.15) is 0 Å². The van der Waals surface area contributed by atoms with Crippen LogP contribution in [0.15, 0.2) is 58.2 Å². The number of hydrogen-bond donors (Lipinski definition) is 1. The fourth-order valence-electron chi connectivity index (χ4n) is 2.87. The van der Waals surface area contributed by atoms with Crippen LogP contribution in [0.5, 0.6) is 0 Å². The summed E-state index contributed by atoms with van der Waals surface area (Å²) in [5, 5.41) is 12.2. The Bertz CT molecular complexity index is 1190. The summed E-state index contributed by atoms with van der Waals surface area (Å²) < 4.78 is 11.7. The lowest BCUT2D eigenvalue weighted by Crippen LogP contribution is -2.14. The molecule has 0 saturated carbocycles. The molecular weight excluding hydrogens is 448 g/mol. The van der Waals surface area contributed by atoms with Crippen molar-refractivity contribution in [2.45, 2.75) is 25.0 Å². The zero-order valence-corrected chi connectivity index (χ0v) is 18.9. The van der Waals surface area contributed by atoms with Crippen LogP contribution in [0.2, 0.25) is 0 Å². The molecule has 32 heavy (non-hydrogen) atoms. The molecule has 0 fully saturated rings. The molecule has 0 aliphatic rings. The number of nitrogens with zero attached hydrogens (tertiary/aromatic N) is 3. The largest absolute Gasteiger partial charge is 0.462 e. The third-order valence-electron chi connectivity index (χ3n) is 4.35. The summed E-state index contributed by atoms with van der Waals surface area (Å²) in [5.41, 5.74) is 2.02. The maximum absolute atomic E-state index is 12.2. The van der Waals surface area contributed by atoms with Gasteiger partial charge in [0.15, 0.2) is 0 Å². The number of aryl methyl sites for hydroxylation is 2. The van der Waals surface area contributed by atoms with E-state index in [1.165, 1.54) is 11.8 Å². The van der Waals surface area contributed by atoms with E-state index in [0.29, 0.717) is 41.8 Å². The van der Waals surface area contributed by atoms with Crippen molar-refractivity contribution in [1.82, 2.24) is 15.2 Å². The van der Waals surface area contributed by atoms with E-state index in [9.17, 15) is 9.59 Å². The molecule has 2 heterocycles. The van der Waals surface area contributed by atoms with E-state index < -0.39 is 5.97 Å². The SMILES string of the molecule is CCOC(=O)c1ccc(NC(=O)CSc2nnc(CCc3nc4ccccc4s3)o2)cc1. The van der Waals surface area contributed by atoms with E-state index in [2.05, 4.69) is 26.6 Å². The average Bonchev–Trinajstić information content (AvgIpc) is 3.43. The summed E-state index contributed by atoms with van der Waals surface area (Å²) in [6.45, 7) is 2.06. The minimum atomic E-state index is -0.392. The lowest BCUT2D eigenvalue weighted by atomic mass is 10.2. The first-order chi connectivity index (χ1) is 15.6. The molecule has 0 aliphatic heterocycles. The molecule has 0 spiro atoms. The Morgan fingerprint density at radius 2 is 1.91 bits per heavy atom. The van der Waals surface area contributed by atoms with Gasteiger partial charge in [0.25, 0.3) is 5.22 Å². The minimum Gasteiger partial charge on any atom is -0.462 e. The zero-order valence-electron chi connectivity index (χ0n) is 17.2. The number of rotatable bonds is 9. The highest BCUT2D eigenvalue weighted by Crippen LogP contribution is 2.23. The maximum Gasteiger partial charge on any atom is 0.338 e.